The summed E-state index contributed by atoms with van der Waals surface area (Å²) < 4.78 is 60.9. The summed E-state index contributed by atoms with van der Waals surface area (Å²) in [7, 11) is 0. The maximum atomic E-state index is 13.2. The first-order valence-electron chi connectivity index (χ1n) is 8.20. The fourth-order valence-corrected chi connectivity index (χ4v) is 2.65. The number of carbonyl (C=O) groups excluding carboxylic acids is 1. The second-order valence-electron chi connectivity index (χ2n) is 5.79. The van der Waals surface area contributed by atoms with Gasteiger partial charge in [-0.05, 0) is 38.3 Å². The molecule has 0 aliphatic carbocycles. The summed E-state index contributed by atoms with van der Waals surface area (Å²) in [6.45, 7) is 3.02. The van der Waals surface area contributed by atoms with Crippen molar-refractivity contribution in [3.63, 3.8) is 0 Å². The molecule has 2 rings (SSSR count). The van der Waals surface area contributed by atoms with Gasteiger partial charge in [-0.2, -0.15) is 17.6 Å². The van der Waals surface area contributed by atoms with Gasteiger partial charge in [0.25, 0.3) is 5.91 Å². The fourth-order valence-electron chi connectivity index (χ4n) is 2.65. The molecular formula is C17H21F4NO3. The predicted molar refractivity (Wildman–Crippen MR) is 83.2 cm³/mol. The summed E-state index contributed by atoms with van der Waals surface area (Å²) in [5.74, 6) is -1.13. The van der Waals surface area contributed by atoms with E-state index in [2.05, 4.69) is 4.74 Å². The van der Waals surface area contributed by atoms with Crippen molar-refractivity contribution in [2.45, 2.75) is 44.8 Å². The van der Waals surface area contributed by atoms with E-state index in [-0.39, 0.29) is 11.7 Å². The molecule has 0 aromatic heterocycles. The quantitative estimate of drug-likeness (QED) is 0.689. The van der Waals surface area contributed by atoms with Crippen LogP contribution in [0.1, 0.15) is 36.5 Å². The van der Waals surface area contributed by atoms with Crippen LogP contribution in [0.4, 0.5) is 17.6 Å². The van der Waals surface area contributed by atoms with Gasteiger partial charge in [-0.25, -0.2) is 0 Å². The molecule has 0 bridgehead atoms. The number of nitrogens with zero attached hydrogens (tertiary/aromatic N) is 1. The minimum Gasteiger partial charge on any atom is -0.427 e. The summed E-state index contributed by atoms with van der Waals surface area (Å²) in [5, 5.41) is 0. The fraction of sp³-hybridized carbons (Fsp3) is 0.588. The van der Waals surface area contributed by atoms with Gasteiger partial charge in [0, 0.05) is 19.7 Å². The smallest absolute Gasteiger partial charge is 0.427 e. The highest BCUT2D eigenvalue weighted by atomic mass is 19.3. The Morgan fingerprint density at radius 3 is 2.68 bits per heavy atom. The topological polar surface area (TPSA) is 38.8 Å². The zero-order chi connectivity index (χ0) is 18.4. The largest absolute Gasteiger partial charge is 0.461 e. The van der Waals surface area contributed by atoms with E-state index in [1.807, 2.05) is 0 Å². The number of carbonyl (C=O) groups is 1. The molecule has 1 aromatic rings. The molecular weight excluding hydrogens is 342 g/mol. The second kappa shape index (κ2) is 8.51. The van der Waals surface area contributed by atoms with Crippen LogP contribution in [-0.2, 0) is 4.74 Å². The molecule has 1 fully saturated rings. The molecule has 1 aliphatic rings. The Morgan fingerprint density at radius 1 is 1.36 bits per heavy atom. The summed E-state index contributed by atoms with van der Waals surface area (Å²) in [6, 6.07) is 5.16. The summed E-state index contributed by atoms with van der Waals surface area (Å²) >= 11 is 0. The van der Waals surface area contributed by atoms with Crippen molar-refractivity contribution in [1.82, 2.24) is 4.90 Å². The molecule has 1 saturated heterocycles. The number of hydrogen-bond acceptors (Lipinski definition) is 3. The molecule has 25 heavy (non-hydrogen) atoms. The lowest BCUT2D eigenvalue weighted by Crippen LogP contribution is -2.40. The van der Waals surface area contributed by atoms with Crippen LogP contribution in [-0.4, -0.2) is 49.1 Å². The standard InChI is InChI=1S/C17H21F4NO3/c1-2-22(11-12-7-5-6-10-24-12)15(23)13-8-3-4-9-14(13)25-17(20,21)16(18)19/h3-4,8-9,12,16H,2,5-7,10-11H2,1H3. The molecule has 1 heterocycles. The first kappa shape index (κ1) is 19.5. The van der Waals surface area contributed by atoms with Crippen LogP contribution in [0.5, 0.6) is 5.75 Å². The van der Waals surface area contributed by atoms with Crippen LogP contribution in [0.2, 0.25) is 0 Å². The van der Waals surface area contributed by atoms with Crippen molar-refractivity contribution in [3.8, 4) is 5.75 Å². The average molecular weight is 363 g/mol. The lowest BCUT2D eigenvalue weighted by molar-refractivity contribution is -0.253. The van der Waals surface area contributed by atoms with Crippen molar-refractivity contribution in [2.24, 2.45) is 0 Å². The van der Waals surface area contributed by atoms with Gasteiger partial charge in [-0.3, -0.25) is 4.79 Å². The van der Waals surface area contributed by atoms with Crippen molar-refractivity contribution < 1.29 is 31.8 Å². The van der Waals surface area contributed by atoms with E-state index in [4.69, 9.17) is 4.74 Å². The van der Waals surface area contributed by atoms with Crippen LogP contribution < -0.4 is 4.74 Å². The Morgan fingerprint density at radius 2 is 2.08 bits per heavy atom. The number of alkyl halides is 4. The maximum absolute atomic E-state index is 13.2. The molecule has 0 saturated carbocycles. The van der Waals surface area contributed by atoms with E-state index < -0.39 is 24.2 Å². The molecule has 1 aromatic carbocycles. The van der Waals surface area contributed by atoms with Gasteiger partial charge in [-0.1, -0.05) is 12.1 Å². The Kier molecular flexibility index (Phi) is 6.64. The van der Waals surface area contributed by atoms with Gasteiger partial charge in [0.15, 0.2) is 0 Å². The molecule has 1 aliphatic heterocycles. The van der Waals surface area contributed by atoms with Gasteiger partial charge in [-0.15, -0.1) is 0 Å². The van der Waals surface area contributed by atoms with E-state index in [0.717, 1.165) is 25.3 Å². The zero-order valence-electron chi connectivity index (χ0n) is 13.9. The number of hydrogen-bond donors (Lipinski definition) is 0. The van der Waals surface area contributed by atoms with Crippen LogP contribution in [0, 0.1) is 0 Å². The van der Waals surface area contributed by atoms with Gasteiger partial charge in [0.05, 0.1) is 11.7 Å². The molecule has 0 N–H and O–H groups in total. The Balaban J connectivity index is 2.16. The van der Waals surface area contributed by atoms with E-state index in [1.54, 1.807) is 6.92 Å². The highest BCUT2D eigenvalue weighted by molar-refractivity contribution is 5.97. The van der Waals surface area contributed by atoms with Crippen molar-refractivity contribution in [3.05, 3.63) is 29.8 Å². The van der Waals surface area contributed by atoms with E-state index in [0.29, 0.717) is 19.7 Å². The van der Waals surface area contributed by atoms with Crippen molar-refractivity contribution in [2.75, 3.05) is 19.7 Å². The molecule has 140 valence electrons. The molecule has 8 heteroatoms. The van der Waals surface area contributed by atoms with Gasteiger partial charge in [0.2, 0.25) is 0 Å². The van der Waals surface area contributed by atoms with Crippen LogP contribution in [0.15, 0.2) is 24.3 Å². The molecule has 4 nitrogen and oxygen atoms in total. The minimum atomic E-state index is -4.67. The minimum absolute atomic E-state index is 0.117. The predicted octanol–water partition coefficient (Wildman–Crippen LogP) is 3.95. The second-order valence-corrected chi connectivity index (χ2v) is 5.79. The SMILES string of the molecule is CCN(CC1CCCCO1)C(=O)c1ccccc1OC(F)(F)C(F)F. The zero-order valence-corrected chi connectivity index (χ0v) is 13.9. The van der Waals surface area contributed by atoms with E-state index in [9.17, 15) is 22.4 Å². The molecule has 1 unspecified atom stereocenters. The number of likely N-dealkylation sites (N-methyl/N-ethyl adjacent to an activating group) is 1. The van der Waals surface area contributed by atoms with Crippen molar-refractivity contribution >= 4 is 5.91 Å². The third-order valence-electron chi connectivity index (χ3n) is 3.98. The summed E-state index contributed by atoms with van der Waals surface area (Å²) in [5.41, 5.74) is -0.180. The molecule has 1 amide bonds. The first-order chi connectivity index (χ1) is 11.8. The number of para-hydroxylation sites is 1. The Hall–Kier alpha value is -1.83. The van der Waals surface area contributed by atoms with Gasteiger partial charge in [0.1, 0.15) is 5.75 Å². The normalized spacial score (nSPS) is 18.2. The number of halogens is 4. The van der Waals surface area contributed by atoms with Crippen LogP contribution in [0.3, 0.4) is 0 Å². The molecule has 1 atom stereocenters. The summed E-state index contributed by atoms with van der Waals surface area (Å²) in [6.07, 6.45) is -6.00. The molecule has 0 radical (unpaired) electrons. The Labute approximate surface area is 143 Å². The third-order valence-corrected chi connectivity index (χ3v) is 3.98. The number of ether oxygens (including phenoxy) is 2. The number of amides is 1. The third kappa shape index (κ3) is 5.07. The molecule has 0 spiro atoms. The van der Waals surface area contributed by atoms with Crippen molar-refractivity contribution in [1.29, 1.82) is 0 Å². The lowest BCUT2D eigenvalue weighted by Gasteiger charge is -2.30. The van der Waals surface area contributed by atoms with Crippen LogP contribution in [0.25, 0.3) is 0 Å². The maximum Gasteiger partial charge on any atom is 0.461 e. The van der Waals surface area contributed by atoms with Gasteiger partial charge >= 0.3 is 12.5 Å². The Bertz CT molecular complexity index is 577. The van der Waals surface area contributed by atoms with Gasteiger partial charge < -0.3 is 14.4 Å². The first-order valence-corrected chi connectivity index (χ1v) is 8.20. The van der Waals surface area contributed by atoms with E-state index in [1.165, 1.54) is 23.1 Å². The average Bonchev–Trinajstić information content (AvgIpc) is 2.60. The lowest BCUT2D eigenvalue weighted by atomic mass is 10.1. The highest BCUT2D eigenvalue weighted by Gasteiger charge is 2.44. The van der Waals surface area contributed by atoms with Crippen LogP contribution >= 0.6 is 0 Å². The summed E-state index contributed by atoms with van der Waals surface area (Å²) in [4.78, 5) is 14.1. The van der Waals surface area contributed by atoms with E-state index >= 15 is 0 Å². The number of rotatable bonds is 7. The number of benzene rings is 1. The monoisotopic (exact) mass is 363 g/mol. The highest BCUT2D eigenvalue weighted by Crippen LogP contribution is 2.30.